The second-order valence-corrected chi connectivity index (χ2v) is 7.20. The van der Waals surface area contributed by atoms with E-state index in [0.717, 1.165) is 11.0 Å². The summed E-state index contributed by atoms with van der Waals surface area (Å²) in [6.07, 6.45) is 1.59. The smallest absolute Gasteiger partial charge is 0.331 e. The molecule has 10 heteroatoms. The number of carbonyl (C=O) groups excluding carboxylic acids is 1. The molecule has 1 aromatic carbocycles. The van der Waals surface area contributed by atoms with E-state index in [1.54, 1.807) is 18.2 Å². The standard InChI is InChI=1S/C21H26N4O6/c1-5-6-9-24-20(28)18(19(27)22-21(24)29)15-11-16(25(23-15)12(2)26)14-10-13(30-3)7-8-17(14)31-4/h7-8,10,16,28H,5-6,9,11H2,1-4H3,(H,22,27,29)/t16-/m1/s1. The Kier molecular flexibility index (Phi) is 6.47. The number of H-pyrrole nitrogens is 1. The monoisotopic (exact) mass is 430 g/mol. The van der Waals surface area contributed by atoms with E-state index >= 15 is 0 Å². The molecule has 2 N–H and O–H groups in total. The third-order valence-corrected chi connectivity index (χ3v) is 5.22. The van der Waals surface area contributed by atoms with Gasteiger partial charge in [0.05, 0.1) is 26.0 Å². The van der Waals surface area contributed by atoms with Crippen molar-refractivity contribution in [1.29, 1.82) is 0 Å². The molecule has 0 bridgehead atoms. The highest BCUT2D eigenvalue weighted by molar-refractivity contribution is 6.04. The average Bonchev–Trinajstić information content (AvgIpc) is 3.18. The van der Waals surface area contributed by atoms with Crippen molar-refractivity contribution in [3.8, 4) is 17.4 Å². The van der Waals surface area contributed by atoms with Crippen LogP contribution in [-0.4, -0.2) is 45.5 Å². The first-order chi connectivity index (χ1) is 14.8. The van der Waals surface area contributed by atoms with Gasteiger partial charge in [0.1, 0.15) is 17.1 Å². The zero-order chi connectivity index (χ0) is 22.7. The van der Waals surface area contributed by atoms with Crippen LogP contribution in [0.1, 0.15) is 50.3 Å². The van der Waals surface area contributed by atoms with Gasteiger partial charge in [0.2, 0.25) is 11.8 Å². The molecule has 1 atom stereocenters. The fourth-order valence-electron chi connectivity index (χ4n) is 3.64. The molecule has 0 radical (unpaired) electrons. The topological polar surface area (TPSA) is 126 Å². The first kappa shape index (κ1) is 22.1. The number of nitrogens with one attached hydrogen (secondary N) is 1. The number of hydrazone groups is 1. The van der Waals surface area contributed by atoms with Crippen LogP contribution in [0.5, 0.6) is 17.4 Å². The first-order valence-corrected chi connectivity index (χ1v) is 9.98. The van der Waals surface area contributed by atoms with E-state index < -0.39 is 23.2 Å². The molecule has 1 aromatic heterocycles. The van der Waals surface area contributed by atoms with Gasteiger partial charge in [0.15, 0.2) is 0 Å². The highest BCUT2D eigenvalue weighted by atomic mass is 16.5. The van der Waals surface area contributed by atoms with E-state index in [0.29, 0.717) is 23.5 Å². The zero-order valence-electron chi connectivity index (χ0n) is 18.0. The molecule has 0 fully saturated rings. The molecule has 0 aliphatic carbocycles. The summed E-state index contributed by atoms with van der Waals surface area (Å²) in [7, 11) is 3.04. The molecule has 2 heterocycles. The number of aromatic nitrogens is 2. The van der Waals surface area contributed by atoms with Crippen LogP contribution < -0.4 is 20.7 Å². The zero-order valence-corrected chi connectivity index (χ0v) is 18.0. The van der Waals surface area contributed by atoms with Crippen molar-refractivity contribution in [3.63, 3.8) is 0 Å². The quantitative estimate of drug-likeness (QED) is 0.689. The number of hydrogen-bond donors (Lipinski definition) is 2. The molecule has 31 heavy (non-hydrogen) atoms. The van der Waals surface area contributed by atoms with Gasteiger partial charge in [0.25, 0.3) is 5.56 Å². The van der Waals surface area contributed by atoms with Gasteiger partial charge in [-0.3, -0.25) is 19.1 Å². The SMILES string of the molecule is CCCCn1c(O)c(C2=NN(C(C)=O)[C@@H](c3cc(OC)ccc3OC)C2)c(=O)[nH]c1=O. The summed E-state index contributed by atoms with van der Waals surface area (Å²) in [6.45, 7) is 3.56. The van der Waals surface area contributed by atoms with Crippen LogP contribution in [0.15, 0.2) is 32.9 Å². The molecular formula is C21H26N4O6. The number of methoxy groups -OCH3 is 2. The number of benzene rings is 1. The molecule has 1 amide bonds. The Morgan fingerprint density at radius 1 is 1.29 bits per heavy atom. The number of nitrogens with zero attached hydrogens (tertiary/aromatic N) is 3. The fourth-order valence-corrected chi connectivity index (χ4v) is 3.64. The maximum atomic E-state index is 12.6. The van der Waals surface area contributed by atoms with Crippen LogP contribution in [-0.2, 0) is 11.3 Å². The van der Waals surface area contributed by atoms with Gasteiger partial charge in [-0.05, 0) is 24.6 Å². The lowest BCUT2D eigenvalue weighted by Crippen LogP contribution is -2.33. The fraction of sp³-hybridized carbons (Fsp3) is 0.429. The van der Waals surface area contributed by atoms with E-state index in [-0.39, 0.29) is 30.1 Å². The van der Waals surface area contributed by atoms with Crippen LogP contribution in [0.25, 0.3) is 0 Å². The molecule has 0 spiro atoms. The normalized spacial score (nSPS) is 15.7. The van der Waals surface area contributed by atoms with Crippen LogP contribution in [0, 0.1) is 0 Å². The van der Waals surface area contributed by atoms with Gasteiger partial charge in [-0.25, -0.2) is 9.80 Å². The molecule has 3 rings (SSSR count). The van der Waals surface area contributed by atoms with E-state index in [1.165, 1.54) is 26.2 Å². The maximum absolute atomic E-state index is 12.6. The predicted octanol–water partition coefficient (Wildman–Crippen LogP) is 1.76. The minimum Gasteiger partial charge on any atom is -0.497 e. The predicted molar refractivity (Wildman–Crippen MR) is 114 cm³/mol. The lowest BCUT2D eigenvalue weighted by Gasteiger charge is -2.22. The van der Waals surface area contributed by atoms with Gasteiger partial charge < -0.3 is 14.6 Å². The number of amides is 1. The van der Waals surface area contributed by atoms with Crippen molar-refractivity contribution < 1.29 is 19.4 Å². The molecule has 1 aliphatic rings. The number of ether oxygens (including phenoxy) is 2. The highest BCUT2D eigenvalue weighted by Crippen LogP contribution is 2.39. The summed E-state index contributed by atoms with van der Waals surface area (Å²) >= 11 is 0. The van der Waals surface area contributed by atoms with E-state index in [1.807, 2.05) is 6.92 Å². The average molecular weight is 430 g/mol. The molecule has 2 aromatic rings. The Bertz CT molecular complexity index is 1130. The van der Waals surface area contributed by atoms with Crippen molar-refractivity contribution >= 4 is 11.6 Å². The Hall–Kier alpha value is -3.56. The van der Waals surface area contributed by atoms with Gasteiger partial charge in [0, 0.05) is 25.5 Å². The van der Waals surface area contributed by atoms with E-state index in [9.17, 15) is 19.5 Å². The van der Waals surface area contributed by atoms with Crippen molar-refractivity contribution in [1.82, 2.24) is 14.6 Å². The molecule has 1 aliphatic heterocycles. The second-order valence-electron chi connectivity index (χ2n) is 7.20. The van der Waals surface area contributed by atoms with Crippen molar-refractivity contribution in [2.24, 2.45) is 5.10 Å². The number of rotatable bonds is 7. The number of hydrogen-bond acceptors (Lipinski definition) is 7. The van der Waals surface area contributed by atoms with Crippen LogP contribution in [0.2, 0.25) is 0 Å². The molecule has 10 nitrogen and oxygen atoms in total. The van der Waals surface area contributed by atoms with Crippen molar-refractivity contribution in [2.75, 3.05) is 14.2 Å². The number of carbonyl (C=O) groups is 1. The molecule has 0 saturated carbocycles. The van der Waals surface area contributed by atoms with Gasteiger partial charge in [-0.15, -0.1) is 0 Å². The van der Waals surface area contributed by atoms with E-state index in [4.69, 9.17) is 9.47 Å². The van der Waals surface area contributed by atoms with E-state index in [2.05, 4.69) is 10.1 Å². The highest BCUT2D eigenvalue weighted by Gasteiger charge is 2.36. The summed E-state index contributed by atoms with van der Waals surface area (Å²) in [5.41, 5.74) is -0.713. The second kappa shape index (κ2) is 9.07. The van der Waals surface area contributed by atoms with Crippen LogP contribution in [0.4, 0.5) is 0 Å². The Labute approximate surface area is 178 Å². The van der Waals surface area contributed by atoms with Gasteiger partial charge >= 0.3 is 5.69 Å². The third-order valence-electron chi connectivity index (χ3n) is 5.22. The Balaban J connectivity index is 2.10. The number of aromatic hydroxyl groups is 1. The van der Waals surface area contributed by atoms with Crippen LogP contribution in [0.3, 0.4) is 0 Å². The van der Waals surface area contributed by atoms with Crippen molar-refractivity contribution in [2.45, 2.75) is 45.7 Å². The maximum Gasteiger partial charge on any atom is 0.331 e. The lowest BCUT2D eigenvalue weighted by molar-refractivity contribution is -0.130. The molecule has 166 valence electrons. The third kappa shape index (κ3) is 4.18. The number of unbranched alkanes of at least 4 members (excludes halogenated alkanes) is 1. The lowest BCUT2D eigenvalue weighted by atomic mass is 9.98. The minimum atomic E-state index is -0.754. The first-order valence-electron chi connectivity index (χ1n) is 9.98. The van der Waals surface area contributed by atoms with Gasteiger partial charge in [-0.1, -0.05) is 13.3 Å². The van der Waals surface area contributed by atoms with Crippen molar-refractivity contribution in [3.05, 3.63) is 50.2 Å². The Morgan fingerprint density at radius 3 is 2.65 bits per heavy atom. The molecule has 0 saturated heterocycles. The summed E-state index contributed by atoms with van der Waals surface area (Å²) in [5.74, 6) is 0.295. The Morgan fingerprint density at radius 2 is 2.03 bits per heavy atom. The molecular weight excluding hydrogens is 404 g/mol. The van der Waals surface area contributed by atoms with Gasteiger partial charge in [-0.2, -0.15) is 5.10 Å². The van der Waals surface area contributed by atoms with Crippen LogP contribution >= 0.6 is 0 Å². The number of aromatic amines is 1. The summed E-state index contributed by atoms with van der Waals surface area (Å²) < 4.78 is 11.9. The summed E-state index contributed by atoms with van der Waals surface area (Å²) in [5, 5.41) is 16.3. The summed E-state index contributed by atoms with van der Waals surface area (Å²) in [6, 6.07) is 4.62. The summed E-state index contributed by atoms with van der Waals surface area (Å²) in [4.78, 5) is 39.3. The largest absolute Gasteiger partial charge is 0.497 e. The molecule has 0 unspecified atom stereocenters. The minimum absolute atomic E-state index is 0.119.